The molecule has 0 unspecified atom stereocenters. The largest absolute Gasteiger partial charge is 0.347 e. The minimum absolute atomic E-state index is 0.263. The highest BCUT2D eigenvalue weighted by atomic mass is 35.5. The fourth-order valence-corrected chi connectivity index (χ4v) is 3.34. The molecule has 0 amide bonds. The maximum absolute atomic E-state index is 11.9. The van der Waals surface area contributed by atoms with Crippen LogP contribution in [0.3, 0.4) is 0 Å². The lowest BCUT2D eigenvalue weighted by molar-refractivity contribution is 0.0973. The first-order valence-corrected chi connectivity index (χ1v) is 7.97. The number of hydrogen-bond donors (Lipinski definition) is 0. The molecule has 0 fully saturated rings. The van der Waals surface area contributed by atoms with Crippen LogP contribution in [-0.2, 0) is 25.9 Å². The molecule has 5 heteroatoms. The van der Waals surface area contributed by atoms with Gasteiger partial charge in [-0.05, 0) is 31.7 Å². The summed E-state index contributed by atoms with van der Waals surface area (Å²) in [6, 6.07) is 0. The van der Waals surface area contributed by atoms with Gasteiger partial charge in [-0.15, -0.1) is 0 Å². The summed E-state index contributed by atoms with van der Waals surface area (Å²) in [5, 5.41) is 5.31. The number of carbonyl (C=O) groups excluding carboxylic acids is 1. The molecule has 112 valence electrons. The van der Waals surface area contributed by atoms with Gasteiger partial charge in [0, 0.05) is 30.9 Å². The monoisotopic (exact) mass is 305 g/mol. The fourth-order valence-electron chi connectivity index (χ4n) is 3.01. The quantitative estimate of drug-likeness (QED) is 0.867. The Morgan fingerprint density at radius 2 is 2.10 bits per heavy atom. The number of Topliss-reactive ketones (excluding diaryl/α,β-unsaturated/α-hetero) is 1. The summed E-state index contributed by atoms with van der Waals surface area (Å²) in [5.41, 5.74) is 4.02. The lowest BCUT2D eigenvalue weighted by Crippen LogP contribution is -2.08. The van der Waals surface area contributed by atoms with Crippen molar-refractivity contribution in [2.45, 2.75) is 52.6 Å². The van der Waals surface area contributed by atoms with Crippen molar-refractivity contribution in [2.75, 3.05) is 0 Å². The summed E-state index contributed by atoms with van der Waals surface area (Å²) >= 11 is 6.45. The topological polar surface area (TPSA) is 39.8 Å². The van der Waals surface area contributed by atoms with Crippen molar-refractivity contribution in [3.63, 3.8) is 0 Å². The van der Waals surface area contributed by atoms with Crippen LogP contribution in [0.4, 0.5) is 0 Å². The summed E-state index contributed by atoms with van der Waals surface area (Å²) in [6.07, 6.45) is 7.51. The molecule has 0 saturated carbocycles. The zero-order chi connectivity index (χ0) is 15.0. The molecule has 0 atom stereocenters. The van der Waals surface area contributed by atoms with Gasteiger partial charge in [-0.25, -0.2) is 0 Å². The van der Waals surface area contributed by atoms with E-state index < -0.39 is 0 Å². The number of aryl methyl sites for hydroxylation is 3. The molecular weight excluding hydrogens is 286 g/mol. The molecule has 2 heterocycles. The normalized spacial score (nSPS) is 14.5. The molecule has 4 nitrogen and oxygen atoms in total. The van der Waals surface area contributed by atoms with Crippen LogP contribution in [0.1, 0.15) is 54.0 Å². The van der Waals surface area contributed by atoms with Gasteiger partial charge in [0.15, 0.2) is 5.78 Å². The van der Waals surface area contributed by atoms with Gasteiger partial charge in [-0.3, -0.25) is 9.48 Å². The molecule has 3 rings (SSSR count). The molecule has 0 aliphatic heterocycles. The van der Waals surface area contributed by atoms with E-state index in [-0.39, 0.29) is 5.78 Å². The Bertz CT molecular complexity index is 684. The Hall–Kier alpha value is -1.55. The van der Waals surface area contributed by atoms with Crippen molar-refractivity contribution in [1.82, 2.24) is 14.3 Å². The summed E-state index contributed by atoms with van der Waals surface area (Å²) in [5.74, 6) is 0.263. The van der Waals surface area contributed by atoms with Crippen LogP contribution in [0.25, 0.3) is 0 Å². The number of carbonyl (C=O) groups is 1. The van der Waals surface area contributed by atoms with E-state index in [9.17, 15) is 4.79 Å². The second-order valence-electron chi connectivity index (χ2n) is 5.52. The molecular formula is C16H20ClN3O. The highest BCUT2D eigenvalue weighted by Crippen LogP contribution is 2.26. The van der Waals surface area contributed by atoms with Crippen LogP contribution in [0.15, 0.2) is 12.4 Å². The Labute approximate surface area is 129 Å². The van der Waals surface area contributed by atoms with Crippen LogP contribution in [-0.4, -0.2) is 20.1 Å². The summed E-state index contributed by atoms with van der Waals surface area (Å²) in [7, 11) is 0. The molecule has 2 aromatic heterocycles. The molecule has 0 spiro atoms. The average Bonchev–Trinajstić information content (AvgIpc) is 3.02. The first-order chi connectivity index (χ1) is 10.1. The maximum atomic E-state index is 11.9. The van der Waals surface area contributed by atoms with Crippen molar-refractivity contribution in [1.29, 1.82) is 0 Å². The zero-order valence-corrected chi connectivity index (χ0v) is 13.3. The standard InChI is InChI=1S/C16H20ClN3O/c1-3-13-16(17)14(20(4-2)18-13)10-19-8-11-6-5-7-15(21)12(11)9-19/h8-9H,3-7,10H2,1-2H3. The van der Waals surface area contributed by atoms with Crippen LogP contribution < -0.4 is 0 Å². The molecule has 1 aliphatic carbocycles. The average molecular weight is 306 g/mol. The third kappa shape index (κ3) is 2.53. The third-order valence-electron chi connectivity index (χ3n) is 4.14. The molecule has 0 N–H and O–H groups in total. The number of nitrogens with zero attached hydrogens (tertiary/aromatic N) is 3. The van der Waals surface area contributed by atoms with Crippen LogP contribution in [0, 0.1) is 0 Å². The number of halogens is 1. The van der Waals surface area contributed by atoms with E-state index in [1.807, 2.05) is 10.9 Å². The van der Waals surface area contributed by atoms with Crippen LogP contribution in [0.5, 0.6) is 0 Å². The minimum atomic E-state index is 0.263. The predicted octanol–water partition coefficient (Wildman–Crippen LogP) is 3.49. The van der Waals surface area contributed by atoms with Gasteiger partial charge in [0.2, 0.25) is 0 Å². The zero-order valence-electron chi connectivity index (χ0n) is 12.5. The van der Waals surface area contributed by atoms with E-state index in [1.165, 1.54) is 5.56 Å². The Morgan fingerprint density at radius 1 is 1.29 bits per heavy atom. The highest BCUT2D eigenvalue weighted by molar-refractivity contribution is 6.31. The van der Waals surface area contributed by atoms with Gasteiger partial charge in [-0.2, -0.15) is 5.10 Å². The highest BCUT2D eigenvalue weighted by Gasteiger charge is 2.20. The molecule has 0 bridgehead atoms. The van der Waals surface area contributed by atoms with Gasteiger partial charge >= 0.3 is 0 Å². The lowest BCUT2D eigenvalue weighted by Gasteiger charge is -2.07. The first kappa shape index (κ1) is 14.4. The van der Waals surface area contributed by atoms with Crippen LogP contribution in [0.2, 0.25) is 5.02 Å². The van der Waals surface area contributed by atoms with Crippen molar-refractivity contribution >= 4 is 17.4 Å². The first-order valence-electron chi connectivity index (χ1n) is 7.59. The van der Waals surface area contributed by atoms with Crippen molar-refractivity contribution in [3.8, 4) is 0 Å². The maximum Gasteiger partial charge on any atom is 0.164 e. The molecule has 21 heavy (non-hydrogen) atoms. The van der Waals surface area contributed by atoms with E-state index in [4.69, 9.17) is 11.6 Å². The van der Waals surface area contributed by atoms with E-state index in [0.29, 0.717) is 13.0 Å². The number of aromatic nitrogens is 3. The molecule has 0 radical (unpaired) electrons. The molecule has 1 aliphatic rings. The van der Waals surface area contributed by atoms with E-state index in [2.05, 4.69) is 29.7 Å². The van der Waals surface area contributed by atoms with Crippen LogP contribution >= 0.6 is 11.6 Å². The number of ketones is 1. The second kappa shape index (κ2) is 5.68. The van der Waals surface area contributed by atoms with E-state index in [0.717, 1.165) is 47.8 Å². The second-order valence-corrected chi connectivity index (χ2v) is 5.90. The van der Waals surface area contributed by atoms with E-state index in [1.54, 1.807) is 0 Å². The Kier molecular flexibility index (Phi) is 3.89. The number of rotatable bonds is 4. The summed E-state index contributed by atoms with van der Waals surface area (Å²) < 4.78 is 4.03. The van der Waals surface area contributed by atoms with Crippen molar-refractivity contribution in [2.24, 2.45) is 0 Å². The van der Waals surface area contributed by atoms with Gasteiger partial charge in [0.25, 0.3) is 0 Å². The lowest BCUT2D eigenvalue weighted by atomic mass is 9.95. The summed E-state index contributed by atoms with van der Waals surface area (Å²) in [4.78, 5) is 11.9. The van der Waals surface area contributed by atoms with Crippen molar-refractivity contribution < 1.29 is 4.79 Å². The number of hydrogen-bond acceptors (Lipinski definition) is 2. The van der Waals surface area contributed by atoms with Crippen molar-refractivity contribution in [3.05, 3.63) is 39.9 Å². The SMILES string of the molecule is CCc1nn(CC)c(Cn2cc3c(c2)C(=O)CCC3)c1Cl. The third-order valence-corrected chi connectivity index (χ3v) is 4.58. The Balaban J connectivity index is 1.94. The van der Waals surface area contributed by atoms with Gasteiger partial charge in [0.1, 0.15) is 0 Å². The van der Waals surface area contributed by atoms with Gasteiger partial charge in [-0.1, -0.05) is 18.5 Å². The Morgan fingerprint density at radius 3 is 2.76 bits per heavy atom. The molecule has 2 aromatic rings. The number of fused-ring (bicyclic) bond motifs is 1. The fraction of sp³-hybridized carbons (Fsp3) is 0.500. The van der Waals surface area contributed by atoms with E-state index >= 15 is 0 Å². The molecule has 0 aromatic carbocycles. The predicted molar refractivity (Wildman–Crippen MR) is 83.1 cm³/mol. The molecule has 0 saturated heterocycles. The summed E-state index contributed by atoms with van der Waals surface area (Å²) in [6.45, 7) is 5.59. The van der Waals surface area contributed by atoms with Gasteiger partial charge in [0.05, 0.1) is 23.0 Å². The van der Waals surface area contributed by atoms with Gasteiger partial charge < -0.3 is 4.57 Å². The minimum Gasteiger partial charge on any atom is -0.347 e. The smallest absolute Gasteiger partial charge is 0.164 e.